The van der Waals surface area contributed by atoms with Crippen LogP contribution >= 0.6 is 0 Å². The lowest BCUT2D eigenvalue weighted by atomic mass is 10.2. The molecule has 2 N–H and O–H groups in total. The van der Waals surface area contributed by atoms with Gasteiger partial charge in [0.1, 0.15) is 11.9 Å². The fourth-order valence-electron chi connectivity index (χ4n) is 1.91. The topological polar surface area (TPSA) is 101 Å². The van der Waals surface area contributed by atoms with Gasteiger partial charge in [0, 0.05) is 6.20 Å². The number of rotatable bonds is 4. The third-order valence-corrected chi connectivity index (χ3v) is 2.86. The number of carbonyl (C=O) groups excluding carboxylic acids is 1. The molecule has 0 spiro atoms. The van der Waals surface area contributed by atoms with Crippen molar-refractivity contribution in [1.82, 2.24) is 15.3 Å². The lowest BCUT2D eigenvalue weighted by Gasteiger charge is -2.11. The molecule has 1 aromatic heterocycles. The van der Waals surface area contributed by atoms with E-state index in [0.29, 0.717) is 24.4 Å². The zero-order valence-electron chi connectivity index (χ0n) is 10.5. The molecule has 102 valence electrons. The van der Waals surface area contributed by atoms with Crippen LogP contribution < -0.4 is 5.32 Å². The van der Waals surface area contributed by atoms with Crippen molar-refractivity contribution in [2.45, 2.75) is 38.5 Å². The van der Waals surface area contributed by atoms with E-state index in [1.165, 1.54) is 0 Å². The molecule has 1 amide bonds. The van der Waals surface area contributed by atoms with Crippen LogP contribution in [0.5, 0.6) is 0 Å². The number of nitrogens with zero attached hydrogens (tertiary/aromatic N) is 2. The van der Waals surface area contributed by atoms with Crippen LogP contribution in [0, 0.1) is 6.92 Å². The van der Waals surface area contributed by atoms with Gasteiger partial charge in [0.2, 0.25) is 5.91 Å². The minimum absolute atomic E-state index is 0.278. The van der Waals surface area contributed by atoms with Gasteiger partial charge >= 0.3 is 5.97 Å². The summed E-state index contributed by atoms with van der Waals surface area (Å²) in [7, 11) is 0. The molecule has 2 heterocycles. The number of nitrogens with one attached hydrogen (secondary N) is 1. The first-order chi connectivity index (χ1) is 9.06. The highest BCUT2D eigenvalue weighted by Crippen LogP contribution is 2.19. The maximum Gasteiger partial charge on any atom is 0.332 e. The van der Waals surface area contributed by atoms with Crippen LogP contribution in [-0.2, 0) is 20.9 Å². The van der Waals surface area contributed by atoms with Gasteiger partial charge in [-0.1, -0.05) is 0 Å². The van der Waals surface area contributed by atoms with Crippen LogP contribution in [0.3, 0.4) is 0 Å². The van der Waals surface area contributed by atoms with Crippen molar-refractivity contribution in [1.29, 1.82) is 0 Å². The van der Waals surface area contributed by atoms with Crippen molar-refractivity contribution in [3.63, 3.8) is 0 Å². The first-order valence-electron chi connectivity index (χ1n) is 6.01. The molecule has 19 heavy (non-hydrogen) atoms. The van der Waals surface area contributed by atoms with Crippen molar-refractivity contribution in [2.24, 2.45) is 0 Å². The summed E-state index contributed by atoms with van der Waals surface area (Å²) in [6.07, 6.45) is 0.836. The number of carboxylic acids is 1. The van der Waals surface area contributed by atoms with E-state index in [1.54, 1.807) is 19.2 Å². The number of ether oxygens (including phenoxy) is 1. The lowest BCUT2D eigenvalue weighted by Crippen LogP contribution is -2.35. The SMILES string of the molecule is Cc1nccc(CNC(=O)C2CCC(C(=O)O)O2)n1. The molecule has 1 aromatic rings. The summed E-state index contributed by atoms with van der Waals surface area (Å²) >= 11 is 0. The first kappa shape index (κ1) is 13.4. The van der Waals surface area contributed by atoms with Gasteiger partial charge in [0.15, 0.2) is 6.10 Å². The van der Waals surface area contributed by atoms with Crippen LogP contribution in [0.2, 0.25) is 0 Å². The van der Waals surface area contributed by atoms with E-state index in [4.69, 9.17) is 9.84 Å². The van der Waals surface area contributed by atoms with Crippen molar-refractivity contribution >= 4 is 11.9 Å². The quantitative estimate of drug-likeness (QED) is 0.796. The van der Waals surface area contributed by atoms with E-state index >= 15 is 0 Å². The Hall–Kier alpha value is -2.02. The number of hydrogen-bond donors (Lipinski definition) is 2. The molecular weight excluding hydrogens is 250 g/mol. The molecule has 1 aliphatic rings. The van der Waals surface area contributed by atoms with Gasteiger partial charge in [-0.05, 0) is 25.8 Å². The average Bonchev–Trinajstić information content (AvgIpc) is 2.86. The number of aryl methyl sites for hydroxylation is 1. The third-order valence-electron chi connectivity index (χ3n) is 2.86. The predicted molar refractivity (Wildman–Crippen MR) is 64.1 cm³/mol. The summed E-state index contributed by atoms with van der Waals surface area (Å²) < 4.78 is 5.15. The monoisotopic (exact) mass is 265 g/mol. The number of aliphatic carboxylic acids is 1. The molecule has 1 aliphatic heterocycles. The van der Waals surface area contributed by atoms with E-state index < -0.39 is 18.2 Å². The fourth-order valence-corrected chi connectivity index (χ4v) is 1.91. The second-order valence-corrected chi connectivity index (χ2v) is 4.34. The Balaban J connectivity index is 1.84. The molecule has 2 rings (SSSR count). The van der Waals surface area contributed by atoms with Crippen LogP contribution in [0.4, 0.5) is 0 Å². The number of hydrogen-bond acceptors (Lipinski definition) is 5. The highest BCUT2D eigenvalue weighted by atomic mass is 16.5. The van der Waals surface area contributed by atoms with Gasteiger partial charge in [0.25, 0.3) is 0 Å². The number of amides is 1. The van der Waals surface area contributed by atoms with Gasteiger partial charge in [-0.25, -0.2) is 14.8 Å². The summed E-state index contributed by atoms with van der Waals surface area (Å²) in [5.41, 5.74) is 0.702. The lowest BCUT2D eigenvalue weighted by molar-refractivity contribution is -0.151. The first-order valence-corrected chi connectivity index (χ1v) is 6.01. The number of carboxylic acid groups (broad SMARTS) is 1. The summed E-state index contributed by atoms with van der Waals surface area (Å²) in [5.74, 6) is -0.698. The predicted octanol–water partition coefficient (Wildman–Crippen LogP) is 0.0334. The second-order valence-electron chi connectivity index (χ2n) is 4.34. The van der Waals surface area contributed by atoms with Crippen molar-refractivity contribution in [2.75, 3.05) is 0 Å². The molecule has 0 aromatic carbocycles. The fraction of sp³-hybridized carbons (Fsp3) is 0.500. The van der Waals surface area contributed by atoms with Crippen LogP contribution in [0.15, 0.2) is 12.3 Å². The zero-order valence-corrected chi connectivity index (χ0v) is 10.5. The molecule has 1 saturated heterocycles. The molecular formula is C12H15N3O4. The Morgan fingerprint density at radius 3 is 2.84 bits per heavy atom. The molecule has 0 bridgehead atoms. The molecule has 2 unspecified atom stereocenters. The highest BCUT2D eigenvalue weighted by Gasteiger charge is 2.34. The summed E-state index contributed by atoms with van der Waals surface area (Å²) in [4.78, 5) is 30.6. The summed E-state index contributed by atoms with van der Waals surface area (Å²) in [6, 6.07) is 1.71. The van der Waals surface area contributed by atoms with Crippen LogP contribution in [0.25, 0.3) is 0 Å². The molecule has 1 fully saturated rings. The van der Waals surface area contributed by atoms with E-state index in [0.717, 1.165) is 0 Å². The normalized spacial score (nSPS) is 22.2. The van der Waals surface area contributed by atoms with Crippen molar-refractivity contribution < 1.29 is 19.4 Å². The smallest absolute Gasteiger partial charge is 0.332 e. The van der Waals surface area contributed by atoms with Gasteiger partial charge in [-0.15, -0.1) is 0 Å². The minimum Gasteiger partial charge on any atom is -0.479 e. The maximum absolute atomic E-state index is 11.8. The standard InChI is InChI=1S/C12H15N3O4/c1-7-13-5-4-8(15-7)6-14-11(16)9-2-3-10(19-9)12(17)18/h4-5,9-10H,2-3,6H2,1H3,(H,14,16)(H,17,18). The Morgan fingerprint density at radius 1 is 1.47 bits per heavy atom. The molecule has 0 aliphatic carbocycles. The van der Waals surface area contributed by atoms with E-state index in [-0.39, 0.29) is 12.5 Å². The number of aromatic nitrogens is 2. The van der Waals surface area contributed by atoms with Crippen LogP contribution in [-0.4, -0.2) is 39.2 Å². The van der Waals surface area contributed by atoms with Gasteiger partial charge < -0.3 is 15.2 Å². The Labute approximate surface area is 110 Å². The molecule has 7 heteroatoms. The molecule has 0 saturated carbocycles. The minimum atomic E-state index is -1.03. The van der Waals surface area contributed by atoms with E-state index in [9.17, 15) is 9.59 Å². The largest absolute Gasteiger partial charge is 0.479 e. The van der Waals surface area contributed by atoms with Gasteiger partial charge in [-0.2, -0.15) is 0 Å². The van der Waals surface area contributed by atoms with Gasteiger partial charge in [-0.3, -0.25) is 4.79 Å². The van der Waals surface area contributed by atoms with Gasteiger partial charge in [0.05, 0.1) is 12.2 Å². The molecule has 7 nitrogen and oxygen atoms in total. The average molecular weight is 265 g/mol. The zero-order chi connectivity index (χ0) is 13.8. The summed E-state index contributed by atoms with van der Waals surface area (Å²) in [6.45, 7) is 2.04. The Bertz CT molecular complexity index is 492. The Morgan fingerprint density at radius 2 is 2.21 bits per heavy atom. The summed E-state index contributed by atoms with van der Waals surface area (Å²) in [5, 5.41) is 11.5. The molecule has 2 atom stereocenters. The third kappa shape index (κ3) is 3.47. The van der Waals surface area contributed by atoms with Crippen LogP contribution in [0.1, 0.15) is 24.4 Å². The van der Waals surface area contributed by atoms with Crippen molar-refractivity contribution in [3.8, 4) is 0 Å². The molecule has 0 radical (unpaired) electrons. The van der Waals surface area contributed by atoms with Crippen molar-refractivity contribution in [3.05, 3.63) is 23.8 Å². The Kier molecular flexibility index (Phi) is 4.06. The van der Waals surface area contributed by atoms with E-state index in [1.807, 2.05) is 0 Å². The second kappa shape index (κ2) is 5.75. The van der Waals surface area contributed by atoms with E-state index in [2.05, 4.69) is 15.3 Å². The maximum atomic E-state index is 11.8. The highest BCUT2D eigenvalue weighted by molar-refractivity contribution is 5.82. The number of carbonyl (C=O) groups is 2.